The molecule has 0 aliphatic heterocycles. The number of thiazole rings is 1. The maximum absolute atomic E-state index is 12.3. The molecule has 0 fully saturated rings. The zero-order chi connectivity index (χ0) is 15.0. The van der Waals surface area contributed by atoms with Crippen LogP contribution in [0.1, 0.15) is 22.4 Å². The van der Waals surface area contributed by atoms with Gasteiger partial charge < -0.3 is 9.72 Å². The number of hydrogen-bond acceptors (Lipinski definition) is 7. The SMILES string of the molecule is CCOC(=O)c1nc2sc(C)c(-c3nccs3)c2c(=O)[nH]1. The summed E-state index contributed by atoms with van der Waals surface area (Å²) in [5.74, 6) is -0.695. The fourth-order valence-electron chi connectivity index (χ4n) is 2.02. The first kappa shape index (κ1) is 13.9. The van der Waals surface area contributed by atoms with Crippen LogP contribution in [0.25, 0.3) is 20.8 Å². The number of fused-ring (bicyclic) bond motifs is 1. The van der Waals surface area contributed by atoms with Crippen LogP contribution in [0.2, 0.25) is 0 Å². The molecule has 3 aromatic heterocycles. The predicted molar refractivity (Wildman–Crippen MR) is 82.0 cm³/mol. The largest absolute Gasteiger partial charge is 0.460 e. The van der Waals surface area contributed by atoms with E-state index in [-0.39, 0.29) is 18.0 Å². The molecule has 0 radical (unpaired) electrons. The van der Waals surface area contributed by atoms with E-state index in [4.69, 9.17) is 4.74 Å². The van der Waals surface area contributed by atoms with E-state index in [9.17, 15) is 9.59 Å². The lowest BCUT2D eigenvalue weighted by Gasteiger charge is -2.01. The topological polar surface area (TPSA) is 84.9 Å². The van der Waals surface area contributed by atoms with Crippen LogP contribution in [0.4, 0.5) is 0 Å². The van der Waals surface area contributed by atoms with E-state index < -0.39 is 5.97 Å². The highest BCUT2D eigenvalue weighted by atomic mass is 32.1. The van der Waals surface area contributed by atoms with E-state index in [1.165, 1.54) is 22.7 Å². The fourth-order valence-corrected chi connectivity index (χ4v) is 3.85. The molecule has 0 amide bonds. The lowest BCUT2D eigenvalue weighted by atomic mass is 10.2. The first-order valence-corrected chi connectivity index (χ1v) is 7.91. The van der Waals surface area contributed by atoms with Gasteiger partial charge in [-0.15, -0.1) is 22.7 Å². The third-order valence-electron chi connectivity index (χ3n) is 2.85. The van der Waals surface area contributed by atoms with Gasteiger partial charge in [0.2, 0.25) is 5.82 Å². The number of aryl methyl sites for hydroxylation is 1. The Balaban J connectivity index is 2.24. The summed E-state index contributed by atoms with van der Waals surface area (Å²) in [7, 11) is 0. The van der Waals surface area contributed by atoms with E-state index in [0.29, 0.717) is 10.2 Å². The van der Waals surface area contributed by atoms with Gasteiger partial charge in [0.25, 0.3) is 5.56 Å². The highest BCUT2D eigenvalue weighted by molar-refractivity contribution is 7.20. The summed E-state index contributed by atoms with van der Waals surface area (Å²) in [4.78, 5) is 36.4. The third kappa shape index (κ3) is 2.36. The van der Waals surface area contributed by atoms with Gasteiger partial charge in [-0.3, -0.25) is 4.79 Å². The Bertz CT molecular complexity index is 865. The molecule has 0 bridgehead atoms. The van der Waals surface area contributed by atoms with Gasteiger partial charge in [-0.05, 0) is 13.8 Å². The zero-order valence-corrected chi connectivity index (χ0v) is 12.9. The van der Waals surface area contributed by atoms with Crippen LogP contribution in [-0.2, 0) is 4.74 Å². The smallest absolute Gasteiger partial charge is 0.374 e. The summed E-state index contributed by atoms with van der Waals surface area (Å²) in [6.07, 6.45) is 1.69. The Morgan fingerprint density at radius 1 is 1.48 bits per heavy atom. The number of H-pyrrole nitrogens is 1. The van der Waals surface area contributed by atoms with Crippen molar-refractivity contribution in [3.63, 3.8) is 0 Å². The molecule has 3 heterocycles. The lowest BCUT2D eigenvalue weighted by molar-refractivity contribution is 0.0512. The molecule has 0 saturated heterocycles. The molecule has 6 nitrogen and oxygen atoms in total. The minimum absolute atomic E-state index is 0.0683. The normalized spacial score (nSPS) is 11.0. The highest BCUT2D eigenvalue weighted by Crippen LogP contribution is 2.36. The van der Waals surface area contributed by atoms with Crippen molar-refractivity contribution in [2.24, 2.45) is 0 Å². The molecule has 21 heavy (non-hydrogen) atoms. The van der Waals surface area contributed by atoms with Gasteiger partial charge in [-0.25, -0.2) is 14.8 Å². The van der Waals surface area contributed by atoms with Gasteiger partial charge >= 0.3 is 5.97 Å². The number of esters is 1. The van der Waals surface area contributed by atoms with Crippen molar-refractivity contribution in [2.45, 2.75) is 13.8 Å². The molecule has 0 atom stereocenters. The molecule has 3 aromatic rings. The standard InChI is InChI=1S/C13H11N3O3S2/c1-3-19-13(18)9-15-10(17)8-7(11-14-4-5-20-11)6(2)21-12(8)16-9/h4-5H,3H2,1-2H3,(H,15,16,17). The molecule has 0 aromatic carbocycles. The summed E-state index contributed by atoms with van der Waals surface area (Å²) in [6, 6.07) is 0. The molecule has 0 aliphatic rings. The summed E-state index contributed by atoms with van der Waals surface area (Å²) < 4.78 is 4.86. The van der Waals surface area contributed by atoms with Crippen LogP contribution in [0, 0.1) is 6.92 Å². The number of aromatic nitrogens is 3. The van der Waals surface area contributed by atoms with Crippen LogP contribution in [0.3, 0.4) is 0 Å². The molecule has 3 rings (SSSR count). The van der Waals surface area contributed by atoms with Crippen molar-refractivity contribution >= 4 is 38.9 Å². The van der Waals surface area contributed by atoms with Gasteiger partial charge in [0.05, 0.1) is 12.0 Å². The van der Waals surface area contributed by atoms with Crippen molar-refractivity contribution in [1.82, 2.24) is 15.0 Å². The summed E-state index contributed by atoms with van der Waals surface area (Å²) in [6.45, 7) is 3.84. The number of aromatic amines is 1. The summed E-state index contributed by atoms with van der Waals surface area (Å²) in [5.41, 5.74) is 0.437. The van der Waals surface area contributed by atoms with Crippen LogP contribution >= 0.6 is 22.7 Å². The number of carbonyl (C=O) groups excluding carboxylic acids is 1. The predicted octanol–water partition coefficient (Wildman–Crippen LogP) is 2.59. The lowest BCUT2D eigenvalue weighted by Crippen LogP contribution is -2.17. The Hall–Kier alpha value is -2.06. The van der Waals surface area contributed by atoms with Gasteiger partial charge in [0.15, 0.2) is 0 Å². The van der Waals surface area contributed by atoms with E-state index in [0.717, 1.165) is 15.4 Å². The molecule has 0 unspecified atom stereocenters. The third-order valence-corrected chi connectivity index (χ3v) is 4.64. The molecule has 1 N–H and O–H groups in total. The van der Waals surface area contributed by atoms with Crippen LogP contribution in [0.5, 0.6) is 0 Å². The average molecular weight is 321 g/mol. The first-order chi connectivity index (χ1) is 10.1. The zero-order valence-electron chi connectivity index (χ0n) is 11.3. The Morgan fingerprint density at radius 3 is 2.95 bits per heavy atom. The monoisotopic (exact) mass is 321 g/mol. The molecular weight excluding hydrogens is 310 g/mol. The van der Waals surface area contributed by atoms with Crippen molar-refractivity contribution in [3.8, 4) is 10.6 Å². The van der Waals surface area contributed by atoms with E-state index in [2.05, 4.69) is 15.0 Å². The fraction of sp³-hybridized carbons (Fsp3) is 0.231. The second-order valence-corrected chi connectivity index (χ2v) is 6.28. The molecule has 0 aliphatic carbocycles. The number of carbonyl (C=O) groups is 1. The van der Waals surface area contributed by atoms with Crippen molar-refractivity contribution in [3.05, 3.63) is 32.6 Å². The molecule has 0 saturated carbocycles. The second kappa shape index (κ2) is 5.38. The maximum atomic E-state index is 12.3. The van der Waals surface area contributed by atoms with Gasteiger partial charge in [0, 0.05) is 22.0 Å². The van der Waals surface area contributed by atoms with Crippen molar-refractivity contribution in [2.75, 3.05) is 6.61 Å². The van der Waals surface area contributed by atoms with E-state index in [1.807, 2.05) is 12.3 Å². The number of nitrogens with one attached hydrogen (secondary N) is 1. The molecule has 0 spiro atoms. The summed E-state index contributed by atoms with van der Waals surface area (Å²) in [5, 5.41) is 3.10. The number of rotatable bonds is 3. The molecule has 8 heteroatoms. The van der Waals surface area contributed by atoms with Crippen molar-refractivity contribution in [1.29, 1.82) is 0 Å². The molecular formula is C13H11N3O3S2. The van der Waals surface area contributed by atoms with Gasteiger partial charge in [-0.1, -0.05) is 0 Å². The van der Waals surface area contributed by atoms with Crippen LogP contribution < -0.4 is 5.56 Å². The van der Waals surface area contributed by atoms with E-state index in [1.54, 1.807) is 13.1 Å². The Morgan fingerprint density at radius 2 is 2.29 bits per heavy atom. The minimum atomic E-state index is -0.627. The minimum Gasteiger partial charge on any atom is -0.460 e. The van der Waals surface area contributed by atoms with Crippen molar-refractivity contribution < 1.29 is 9.53 Å². The Kier molecular flexibility index (Phi) is 3.56. The van der Waals surface area contributed by atoms with Crippen LogP contribution in [-0.4, -0.2) is 27.5 Å². The number of ether oxygens (including phenoxy) is 1. The highest BCUT2D eigenvalue weighted by Gasteiger charge is 2.20. The van der Waals surface area contributed by atoms with Crippen LogP contribution in [0.15, 0.2) is 16.4 Å². The number of thiophene rings is 1. The maximum Gasteiger partial charge on any atom is 0.374 e. The van der Waals surface area contributed by atoms with Gasteiger partial charge in [0.1, 0.15) is 9.84 Å². The van der Waals surface area contributed by atoms with Gasteiger partial charge in [-0.2, -0.15) is 0 Å². The Labute approximate surface area is 127 Å². The second-order valence-electron chi connectivity index (χ2n) is 4.19. The molecule has 108 valence electrons. The quantitative estimate of drug-likeness (QED) is 0.749. The average Bonchev–Trinajstić information content (AvgIpc) is 3.05. The number of nitrogens with zero attached hydrogens (tertiary/aromatic N) is 2. The van der Waals surface area contributed by atoms with E-state index >= 15 is 0 Å². The summed E-state index contributed by atoms with van der Waals surface area (Å²) >= 11 is 2.83. The first-order valence-electron chi connectivity index (χ1n) is 6.22. The number of hydrogen-bond donors (Lipinski definition) is 1.